The zero-order valence-electron chi connectivity index (χ0n) is 17.7. The fraction of sp³-hybridized carbons (Fsp3) is 0.458. The Kier molecular flexibility index (Phi) is 5.80. The van der Waals surface area contributed by atoms with E-state index in [0.717, 1.165) is 53.0 Å². The molecule has 0 saturated carbocycles. The summed E-state index contributed by atoms with van der Waals surface area (Å²) in [5.74, 6) is 0.573. The number of fused-ring (bicyclic) bond motifs is 1. The third-order valence-corrected chi connectivity index (χ3v) is 5.02. The van der Waals surface area contributed by atoms with Gasteiger partial charge in [-0.2, -0.15) is 0 Å². The van der Waals surface area contributed by atoms with E-state index in [-0.39, 0.29) is 5.97 Å². The van der Waals surface area contributed by atoms with Crippen LogP contribution in [-0.2, 0) is 20.7 Å². The molecule has 1 atom stereocenters. The second-order valence-electron chi connectivity index (χ2n) is 8.40. The van der Waals surface area contributed by atoms with E-state index in [9.17, 15) is 4.79 Å². The van der Waals surface area contributed by atoms with Crippen molar-refractivity contribution in [3.8, 4) is 16.9 Å². The van der Waals surface area contributed by atoms with Crippen molar-refractivity contribution in [3.63, 3.8) is 0 Å². The minimum absolute atomic E-state index is 0.383. The maximum atomic E-state index is 12.7. The number of carbonyl (C=O) groups is 1. The van der Waals surface area contributed by atoms with Crippen molar-refractivity contribution in [2.75, 3.05) is 13.7 Å². The Morgan fingerprint density at radius 3 is 2.50 bits per heavy atom. The van der Waals surface area contributed by atoms with Crippen LogP contribution in [0.3, 0.4) is 0 Å². The fourth-order valence-electron chi connectivity index (χ4n) is 3.76. The molecule has 4 nitrogen and oxygen atoms in total. The number of benzene rings is 2. The number of carbonyl (C=O) groups excluding carboxylic acids is 1. The number of rotatable bonds is 4. The van der Waals surface area contributed by atoms with Gasteiger partial charge in [-0.3, -0.25) is 0 Å². The maximum Gasteiger partial charge on any atom is 0.339 e. The van der Waals surface area contributed by atoms with Gasteiger partial charge in [-0.05, 0) is 87.4 Å². The van der Waals surface area contributed by atoms with Crippen molar-refractivity contribution < 1.29 is 19.0 Å². The van der Waals surface area contributed by atoms with E-state index in [1.165, 1.54) is 12.7 Å². The molecule has 1 aliphatic rings. The lowest BCUT2D eigenvalue weighted by Crippen LogP contribution is -2.29. The molecule has 0 radical (unpaired) electrons. The third kappa shape index (κ3) is 4.22. The maximum absolute atomic E-state index is 12.7. The standard InChI is InChI=1S/C24H30O4/c1-15-9-10-16(2)21(22(23(25)26-6)28-24(3,4)5)20(15)18-11-12-19-17(14-18)8-7-13-27-19/h9-12,14,22H,7-8,13H2,1-6H3/t22-/m0/s1. The average Bonchev–Trinajstić information content (AvgIpc) is 2.66. The molecule has 0 N–H and O–H groups in total. The van der Waals surface area contributed by atoms with Crippen LogP contribution < -0.4 is 4.74 Å². The van der Waals surface area contributed by atoms with Gasteiger partial charge in [-0.15, -0.1) is 0 Å². The average molecular weight is 383 g/mol. The number of methoxy groups -OCH3 is 1. The number of hydrogen-bond donors (Lipinski definition) is 0. The third-order valence-electron chi connectivity index (χ3n) is 5.02. The van der Waals surface area contributed by atoms with E-state index < -0.39 is 11.7 Å². The first kappa shape index (κ1) is 20.4. The number of ether oxygens (including phenoxy) is 3. The monoisotopic (exact) mass is 382 g/mol. The zero-order chi connectivity index (χ0) is 20.5. The molecular weight excluding hydrogens is 352 g/mol. The van der Waals surface area contributed by atoms with Gasteiger partial charge in [0.15, 0.2) is 6.10 Å². The minimum Gasteiger partial charge on any atom is -0.493 e. The molecule has 0 aliphatic carbocycles. The molecule has 0 bridgehead atoms. The molecule has 1 heterocycles. The molecule has 4 heteroatoms. The Morgan fingerprint density at radius 1 is 1.11 bits per heavy atom. The Morgan fingerprint density at radius 2 is 1.82 bits per heavy atom. The number of hydrogen-bond acceptors (Lipinski definition) is 4. The summed E-state index contributed by atoms with van der Waals surface area (Å²) in [7, 11) is 1.41. The highest BCUT2D eigenvalue weighted by Gasteiger charge is 2.32. The van der Waals surface area contributed by atoms with E-state index in [1.807, 2.05) is 39.8 Å². The Labute approximate surface area is 167 Å². The molecule has 3 rings (SSSR count). The van der Waals surface area contributed by atoms with Gasteiger partial charge in [0.05, 0.1) is 19.3 Å². The van der Waals surface area contributed by atoms with Gasteiger partial charge in [0.2, 0.25) is 0 Å². The highest BCUT2D eigenvalue weighted by atomic mass is 16.6. The predicted molar refractivity (Wildman–Crippen MR) is 111 cm³/mol. The molecule has 0 unspecified atom stereocenters. The van der Waals surface area contributed by atoms with E-state index in [1.54, 1.807) is 0 Å². The molecular formula is C24H30O4. The van der Waals surface area contributed by atoms with Gasteiger partial charge in [0.1, 0.15) is 5.75 Å². The summed E-state index contributed by atoms with van der Waals surface area (Å²) in [4.78, 5) is 12.7. The second kappa shape index (κ2) is 7.96. The van der Waals surface area contributed by atoms with E-state index in [2.05, 4.69) is 25.1 Å². The van der Waals surface area contributed by atoms with Gasteiger partial charge in [0.25, 0.3) is 0 Å². The summed E-state index contributed by atoms with van der Waals surface area (Å²) in [5, 5.41) is 0. The van der Waals surface area contributed by atoms with Crippen LogP contribution in [0.5, 0.6) is 5.75 Å². The molecule has 0 amide bonds. The molecule has 2 aromatic carbocycles. The van der Waals surface area contributed by atoms with Crippen LogP contribution in [0.25, 0.3) is 11.1 Å². The van der Waals surface area contributed by atoms with Crippen molar-refractivity contribution in [2.45, 2.75) is 59.2 Å². The molecule has 150 valence electrons. The topological polar surface area (TPSA) is 44.8 Å². The van der Waals surface area contributed by atoms with Crippen LogP contribution in [0.15, 0.2) is 30.3 Å². The number of esters is 1. The van der Waals surface area contributed by atoms with Crippen LogP contribution in [-0.4, -0.2) is 25.3 Å². The van der Waals surface area contributed by atoms with Crippen LogP contribution in [0.4, 0.5) is 0 Å². The summed E-state index contributed by atoms with van der Waals surface area (Å²) in [6, 6.07) is 10.4. The van der Waals surface area contributed by atoms with E-state index >= 15 is 0 Å². The first-order valence-corrected chi connectivity index (χ1v) is 9.83. The lowest BCUT2D eigenvalue weighted by Gasteiger charge is -2.29. The Bertz CT molecular complexity index is 877. The van der Waals surface area contributed by atoms with Gasteiger partial charge >= 0.3 is 5.97 Å². The van der Waals surface area contributed by atoms with Crippen molar-refractivity contribution in [1.29, 1.82) is 0 Å². The smallest absolute Gasteiger partial charge is 0.339 e. The SMILES string of the molecule is COC(=O)[C@@H](OC(C)(C)C)c1c(C)ccc(C)c1-c1ccc2c(c1)CCCO2. The van der Waals surface area contributed by atoms with E-state index in [4.69, 9.17) is 14.2 Å². The molecule has 1 aliphatic heterocycles. The molecule has 2 aromatic rings. The molecule has 0 spiro atoms. The Hall–Kier alpha value is -2.33. The highest BCUT2D eigenvalue weighted by molar-refractivity contribution is 5.83. The van der Waals surface area contributed by atoms with Crippen LogP contribution in [0.2, 0.25) is 0 Å². The predicted octanol–water partition coefficient (Wildman–Crippen LogP) is 5.32. The summed E-state index contributed by atoms with van der Waals surface area (Å²) < 4.78 is 17.1. The van der Waals surface area contributed by atoms with Crippen LogP contribution in [0, 0.1) is 13.8 Å². The lowest BCUT2D eigenvalue weighted by molar-refractivity contribution is -0.164. The summed E-state index contributed by atoms with van der Waals surface area (Å²) in [6.07, 6.45) is 1.24. The molecule has 0 aromatic heterocycles. The van der Waals surface area contributed by atoms with Crippen molar-refractivity contribution in [3.05, 3.63) is 52.6 Å². The van der Waals surface area contributed by atoms with Crippen molar-refractivity contribution >= 4 is 5.97 Å². The zero-order valence-corrected chi connectivity index (χ0v) is 17.7. The fourth-order valence-corrected chi connectivity index (χ4v) is 3.76. The lowest BCUT2D eigenvalue weighted by atomic mass is 9.87. The highest BCUT2D eigenvalue weighted by Crippen LogP contribution is 2.39. The van der Waals surface area contributed by atoms with Crippen LogP contribution in [0.1, 0.15) is 55.5 Å². The second-order valence-corrected chi connectivity index (χ2v) is 8.40. The van der Waals surface area contributed by atoms with Gasteiger partial charge < -0.3 is 14.2 Å². The van der Waals surface area contributed by atoms with Crippen molar-refractivity contribution in [2.24, 2.45) is 0 Å². The molecule has 28 heavy (non-hydrogen) atoms. The first-order valence-electron chi connectivity index (χ1n) is 9.83. The normalized spacial score (nSPS) is 14.8. The van der Waals surface area contributed by atoms with Gasteiger partial charge in [-0.1, -0.05) is 18.2 Å². The van der Waals surface area contributed by atoms with Gasteiger partial charge in [-0.25, -0.2) is 4.79 Å². The van der Waals surface area contributed by atoms with Crippen molar-refractivity contribution in [1.82, 2.24) is 0 Å². The number of aryl methyl sites for hydroxylation is 3. The molecule has 0 fully saturated rings. The van der Waals surface area contributed by atoms with E-state index in [0.29, 0.717) is 0 Å². The van der Waals surface area contributed by atoms with Gasteiger partial charge in [0, 0.05) is 5.56 Å². The minimum atomic E-state index is -0.785. The van der Waals surface area contributed by atoms with Crippen LogP contribution >= 0.6 is 0 Å². The summed E-state index contributed by atoms with van der Waals surface area (Å²) in [6.45, 7) is 10.7. The molecule has 0 saturated heterocycles. The summed E-state index contributed by atoms with van der Waals surface area (Å²) >= 11 is 0. The first-order chi connectivity index (χ1) is 13.2. The largest absolute Gasteiger partial charge is 0.493 e. The summed E-state index contributed by atoms with van der Waals surface area (Å²) in [5.41, 5.74) is 5.81. The Balaban J connectivity index is 2.19. The quantitative estimate of drug-likeness (QED) is 0.671.